The molecule has 2 aromatic rings. The van der Waals surface area contributed by atoms with Gasteiger partial charge in [-0.1, -0.05) is 19.1 Å². The van der Waals surface area contributed by atoms with Gasteiger partial charge in [0, 0.05) is 19.3 Å². The van der Waals surface area contributed by atoms with Crippen LogP contribution in [0.3, 0.4) is 0 Å². The van der Waals surface area contributed by atoms with Crippen molar-refractivity contribution in [2.24, 2.45) is 7.05 Å². The van der Waals surface area contributed by atoms with E-state index in [4.69, 9.17) is 0 Å². The predicted molar refractivity (Wildman–Crippen MR) is 74.8 cm³/mol. The van der Waals surface area contributed by atoms with Crippen LogP contribution in [0.4, 0.5) is 13.2 Å². The summed E-state index contributed by atoms with van der Waals surface area (Å²) in [5, 5.41) is 7.41. The van der Waals surface area contributed by atoms with Gasteiger partial charge < -0.3 is 5.32 Å². The molecular weight excluding hydrogens is 279 g/mol. The summed E-state index contributed by atoms with van der Waals surface area (Å²) in [5.74, 6) is 0. The fraction of sp³-hybridized carbons (Fsp3) is 0.400. The van der Waals surface area contributed by atoms with Gasteiger partial charge in [0.1, 0.15) is 0 Å². The van der Waals surface area contributed by atoms with Crippen molar-refractivity contribution < 1.29 is 13.2 Å². The summed E-state index contributed by atoms with van der Waals surface area (Å²) in [7, 11) is 1.84. The fourth-order valence-electron chi connectivity index (χ4n) is 2.27. The molecule has 0 amide bonds. The quantitative estimate of drug-likeness (QED) is 0.917. The Kier molecular flexibility index (Phi) is 4.67. The van der Waals surface area contributed by atoms with Crippen molar-refractivity contribution >= 4 is 0 Å². The minimum Gasteiger partial charge on any atom is -0.310 e. The van der Waals surface area contributed by atoms with Gasteiger partial charge in [-0.15, -0.1) is 0 Å². The van der Waals surface area contributed by atoms with Crippen LogP contribution in [0.25, 0.3) is 0 Å². The number of likely N-dealkylation sites (N-methyl/N-ethyl adjacent to an activating group) is 1. The van der Waals surface area contributed by atoms with Crippen molar-refractivity contribution in [1.82, 2.24) is 15.1 Å². The third kappa shape index (κ3) is 4.07. The highest BCUT2D eigenvalue weighted by atomic mass is 19.4. The lowest BCUT2D eigenvalue weighted by molar-refractivity contribution is -0.137. The van der Waals surface area contributed by atoms with Gasteiger partial charge in [0.25, 0.3) is 0 Å². The van der Waals surface area contributed by atoms with Crippen LogP contribution in [0.5, 0.6) is 0 Å². The number of aryl methyl sites for hydroxylation is 1. The van der Waals surface area contributed by atoms with E-state index in [0.29, 0.717) is 6.42 Å². The smallest absolute Gasteiger partial charge is 0.310 e. The van der Waals surface area contributed by atoms with Gasteiger partial charge >= 0.3 is 6.18 Å². The third-order valence-electron chi connectivity index (χ3n) is 3.29. The lowest BCUT2D eigenvalue weighted by atomic mass is 9.99. The van der Waals surface area contributed by atoms with Crippen LogP contribution in [0, 0.1) is 0 Å². The number of aromatic nitrogens is 2. The largest absolute Gasteiger partial charge is 0.416 e. The topological polar surface area (TPSA) is 29.9 Å². The van der Waals surface area contributed by atoms with Gasteiger partial charge in [-0.25, -0.2) is 0 Å². The van der Waals surface area contributed by atoms with Crippen LogP contribution in [-0.4, -0.2) is 16.3 Å². The molecule has 0 spiro atoms. The first-order chi connectivity index (χ1) is 9.90. The van der Waals surface area contributed by atoms with E-state index in [9.17, 15) is 13.2 Å². The number of rotatable bonds is 5. The van der Waals surface area contributed by atoms with Crippen molar-refractivity contribution in [3.63, 3.8) is 0 Å². The van der Waals surface area contributed by atoms with E-state index in [-0.39, 0.29) is 6.04 Å². The van der Waals surface area contributed by atoms with E-state index in [2.05, 4.69) is 10.4 Å². The second kappa shape index (κ2) is 6.30. The van der Waals surface area contributed by atoms with Crippen molar-refractivity contribution in [2.75, 3.05) is 6.54 Å². The number of hydrogen-bond acceptors (Lipinski definition) is 2. The molecule has 0 bridgehead atoms. The minimum atomic E-state index is -4.30. The Bertz CT molecular complexity index is 573. The maximum atomic E-state index is 12.6. The van der Waals surface area contributed by atoms with Crippen molar-refractivity contribution in [3.05, 3.63) is 53.3 Å². The lowest BCUT2D eigenvalue weighted by Crippen LogP contribution is -2.23. The van der Waals surface area contributed by atoms with Gasteiger partial charge in [-0.3, -0.25) is 4.68 Å². The van der Waals surface area contributed by atoms with Crippen molar-refractivity contribution in [3.8, 4) is 0 Å². The maximum Gasteiger partial charge on any atom is 0.416 e. The summed E-state index contributed by atoms with van der Waals surface area (Å²) in [6, 6.07) is 5.30. The highest BCUT2D eigenvalue weighted by Gasteiger charge is 2.30. The molecule has 0 fully saturated rings. The molecule has 1 aromatic heterocycles. The first kappa shape index (κ1) is 15.6. The number of benzene rings is 1. The van der Waals surface area contributed by atoms with E-state index in [0.717, 1.165) is 29.8 Å². The fourth-order valence-corrected chi connectivity index (χ4v) is 2.27. The average molecular weight is 297 g/mol. The van der Waals surface area contributed by atoms with Crippen molar-refractivity contribution in [2.45, 2.75) is 25.6 Å². The molecule has 21 heavy (non-hydrogen) atoms. The van der Waals surface area contributed by atoms with Crippen LogP contribution in [0.15, 0.2) is 36.7 Å². The third-order valence-corrected chi connectivity index (χ3v) is 3.29. The monoisotopic (exact) mass is 297 g/mol. The average Bonchev–Trinajstić information content (AvgIpc) is 2.83. The summed E-state index contributed by atoms with van der Waals surface area (Å²) >= 11 is 0. The predicted octanol–water partition coefficient (Wildman–Crippen LogP) is 3.33. The Hall–Kier alpha value is -1.82. The van der Waals surface area contributed by atoms with E-state index < -0.39 is 11.7 Å². The zero-order valence-corrected chi connectivity index (χ0v) is 12.0. The van der Waals surface area contributed by atoms with Crippen LogP contribution < -0.4 is 5.32 Å². The van der Waals surface area contributed by atoms with Gasteiger partial charge in [0.2, 0.25) is 0 Å². The summed E-state index contributed by atoms with van der Waals surface area (Å²) in [4.78, 5) is 0. The number of nitrogens with zero attached hydrogens (tertiary/aromatic N) is 2. The molecule has 0 aliphatic rings. The van der Waals surface area contributed by atoms with E-state index in [1.807, 2.05) is 20.2 Å². The van der Waals surface area contributed by atoms with E-state index in [1.54, 1.807) is 10.9 Å². The SMILES string of the molecule is CCNC(Cc1cnn(C)c1)c1ccc(C(F)(F)F)cc1. The Balaban J connectivity index is 2.17. The summed E-state index contributed by atoms with van der Waals surface area (Å²) < 4.78 is 39.5. The molecule has 1 heterocycles. The van der Waals surface area contributed by atoms with E-state index >= 15 is 0 Å². The summed E-state index contributed by atoms with van der Waals surface area (Å²) in [6.07, 6.45) is 0.0749. The van der Waals surface area contributed by atoms with Gasteiger partial charge in [-0.2, -0.15) is 18.3 Å². The normalized spacial score (nSPS) is 13.4. The Morgan fingerprint density at radius 3 is 2.38 bits per heavy atom. The van der Waals surface area contributed by atoms with Crippen LogP contribution in [-0.2, 0) is 19.6 Å². The molecular formula is C15H18F3N3. The Morgan fingerprint density at radius 1 is 1.24 bits per heavy atom. The van der Waals surface area contributed by atoms with Gasteiger partial charge in [0.15, 0.2) is 0 Å². The molecule has 3 nitrogen and oxygen atoms in total. The van der Waals surface area contributed by atoms with Gasteiger partial charge in [0.05, 0.1) is 11.8 Å². The molecule has 0 saturated heterocycles. The molecule has 0 radical (unpaired) electrons. The minimum absolute atomic E-state index is 0.0264. The van der Waals surface area contributed by atoms with Gasteiger partial charge in [-0.05, 0) is 36.2 Å². The maximum absolute atomic E-state index is 12.6. The second-order valence-electron chi connectivity index (χ2n) is 4.96. The highest BCUT2D eigenvalue weighted by Crippen LogP contribution is 2.30. The first-order valence-electron chi connectivity index (χ1n) is 6.78. The standard InChI is InChI=1S/C15H18F3N3/c1-3-19-14(8-11-9-20-21(2)10-11)12-4-6-13(7-5-12)15(16,17)18/h4-7,9-10,14,19H,3,8H2,1-2H3. The molecule has 114 valence electrons. The van der Waals surface area contributed by atoms with E-state index in [1.165, 1.54) is 12.1 Å². The zero-order chi connectivity index (χ0) is 15.5. The second-order valence-corrected chi connectivity index (χ2v) is 4.96. The number of hydrogen-bond donors (Lipinski definition) is 1. The van der Waals surface area contributed by atoms with Crippen molar-refractivity contribution in [1.29, 1.82) is 0 Å². The molecule has 1 aromatic carbocycles. The molecule has 0 aliphatic carbocycles. The molecule has 0 saturated carbocycles. The van der Waals surface area contributed by atoms with Crippen LogP contribution >= 0.6 is 0 Å². The van der Waals surface area contributed by atoms with Crippen LogP contribution in [0.2, 0.25) is 0 Å². The number of halogens is 3. The number of nitrogens with one attached hydrogen (secondary N) is 1. The molecule has 1 N–H and O–H groups in total. The van der Waals surface area contributed by atoms with Crippen LogP contribution in [0.1, 0.15) is 29.7 Å². The molecule has 1 unspecified atom stereocenters. The molecule has 1 atom stereocenters. The molecule has 6 heteroatoms. The zero-order valence-electron chi connectivity index (χ0n) is 12.0. The summed E-state index contributed by atoms with van der Waals surface area (Å²) in [5.41, 5.74) is 1.26. The lowest BCUT2D eigenvalue weighted by Gasteiger charge is -2.18. The first-order valence-corrected chi connectivity index (χ1v) is 6.78. The Labute approximate surface area is 121 Å². The highest BCUT2D eigenvalue weighted by molar-refractivity contribution is 5.28. The summed E-state index contributed by atoms with van der Waals surface area (Å²) in [6.45, 7) is 2.71. The molecule has 0 aliphatic heterocycles. The molecule has 2 rings (SSSR count). The number of alkyl halides is 3. The Morgan fingerprint density at radius 2 is 1.90 bits per heavy atom.